The lowest BCUT2D eigenvalue weighted by Gasteiger charge is -2.20. The molecule has 1 atom stereocenters. The fourth-order valence-corrected chi connectivity index (χ4v) is 4.73. The van der Waals surface area contributed by atoms with Gasteiger partial charge in [0.1, 0.15) is 6.04 Å². The summed E-state index contributed by atoms with van der Waals surface area (Å²) in [7, 11) is -3.67. The lowest BCUT2D eigenvalue weighted by molar-refractivity contribution is -0.139. The molecular formula is C19H28N2O5S. The van der Waals surface area contributed by atoms with E-state index in [0.29, 0.717) is 19.5 Å². The zero-order valence-corrected chi connectivity index (χ0v) is 16.7. The molecule has 1 aromatic carbocycles. The number of benzene rings is 1. The molecule has 0 aromatic heterocycles. The Hall–Kier alpha value is -1.93. The van der Waals surface area contributed by atoms with Gasteiger partial charge in [0, 0.05) is 18.7 Å². The second-order valence-corrected chi connectivity index (χ2v) is 9.28. The molecule has 2 rings (SSSR count). The van der Waals surface area contributed by atoms with E-state index in [0.717, 1.165) is 25.7 Å². The molecule has 1 unspecified atom stereocenters. The second kappa shape index (κ2) is 9.32. The molecule has 1 aliphatic rings. The van der Waals surface area contributed by atoms with Crippen LogP contribution in [0, 0.1) is 5.92 Å². The number of carbonyl (C=O) groups is 2. The van der Waals surface area contributed by atoms with Crippen molar-refractivity contribution in [1.29, 1.82) is 0 Å². The highest BCUT2D eigenvalue weighted by atomic mass is 32.2. The van der Waals surface area contributed by atoms with E-state index in [2.05, 4.69) is 5.32 Å². The van der Waals surface area contributed by atoms with E-state index in [-0.39, 0.29) is 16.4 Å². The Labute approximate surface area is 160 Å². The fraction of sp³-hybridized carbons (Fsp3) is 0.579. The molecule has 0 saturated carbocycles. The third kappa shape index (κ3) is 5.77. The minimum atomic E-state index is -3.67. The average Bonchev–Trinajstić information content (AvgIpc) is 2.90. The van der Waals surface area contributed by atoms with Gasteiger partial charge in [-0.1, -0.05) is 32.8 Å². The van der Waals surface area contributed by atoms with Crippen LogP contribution in [0.4, 0.5) is 0 Å². The lowest BCUT2D eigenvalue weighted by atomic mass is 10.0. The molecule has 27 heavy (non-hydrogen) atoms. The molecule has 1 saturated heterocycles. The number of nitrogens with zero attached hydrogens (tertiary/aromatic N) is 1. The minimum absolute atomic E-state index is 0.0628. The summed E-state index contributed by atoms with van der Waals surface area (Å²) in [6, 6.07) is 4.79. The van der Waals surface area contributed by atoms with Gasteiger partial charge in [0.05, 0.1) is 4.90 Å². The molecule has 0 radical (unpaired) electrons. The number of amides is 1. The summed E-state index contributed by atoms with van der Waals surface area (Å²) < 4.78 is 27.2. The summed E-state index contributed by atoms with van der Waals surface area (Å²) in [5, 5.41) is 11.8. The number of hydrogen-bond acceptors (Lipinski definition) is 4. The predicted octanol–water partition coefficient (Wildman–Crippen LogP) is 2.48. The van der Waals surface area contributed by atoms with E-state index in [1.807, 2.05) is 13.8 Å². The number of carboxylic acids is 1. The molecule has 1 heterocycles. The van der Waals surface area contributed by atoms with Gasteiger partial charge in [0.2, 0.25) is 10.0 Å². The first-order chi connectivity index (χ1) is 12.7. The maximum absolute atomic E-state index is 12.9. The number of carbonyl (C=O) groups excluding carboxylic acids is 1. The molecule has 1 amide bonds. The predicted molar refractivity (Wildman–Crippen MR) is 102 cm³/mol. The van der Waals surface area contributed by atoms with Crippen LogP contribution in [0.1, 0.15) is 56.3 Å². The molecule has 2 N–H and O–H groups in total. The minimum Gasteiger partial charge on any atom is -0.480 e. The molecule has 8 heteroatoms. The molecule has 150 valence electrons. The molecule has 1 aliphatic heterocycles. The summed E-state index contributed by atoms with van der Waals surface area (Å²) >= 11 is 0. The summed E-state index contributed by atoms with van der Waals surface area (Å²) in [5.41, 5.74) is 0.140. The van der Waals surface area contributed by atoms with E-state index in [1.54, 1.807) is 0 Å². The SMILES string of the molecule is CC(C)CC(NC(=O)c1cccc(S(=O)(=O)N2CCCCCC2)c1)C(=O)O. The van der Waals surface area contributed by atoms with Gasteiger partial charge in [-0.3, -0.25) is 4.79 Å². The molecular weight excluding hydrogens is 368 g/mol. The van der Waals surface area contributed by atoms with Crippen LogP contribution < -0.4 is 5.32 Å². The number of rotatable bonds is 7. The normalized spacial score (nSPS) is 17.3. The number of sulfonamides is 1. The highest BCUT2D eigenvalue weighted by Crippen LogP contribution is 2.21. The van der Waals surface area contributed by atoms with Crippen molar-refractivity contribution in [3.8, 4) is 0 Å². The van der Waals surface area contributed by atoms with Gasteiger partial charge in [-0.25, -0.2) is 13.2 Å². The van der Waals surface area contributed by atoms with E-state index in [1.165, 1.54) is 28.6 Å². The van der Waals surface area contributed by atoms with Crippen LogP contribution in [0.5, 0.6) is 0 Å². The van der Waals surface area contributed by atoms with Crippen molar-refractivity contribution in [3.05, 3.63) is 29.8 Å². The third-order valence-corrected chi connectivity index (χ3v) is 6.50. The van der Waals surface area contributed by atoms with Crippen LogP contribution in [0.25, 0.3) is 0 Å². The van der Waals surface area contributed by atoms with E-state index in [9.17, 15) is 23.1 Å². The molecule has 1 aromatic rings. The zero-order valence-electron chi connectivity index (χ0n) is 15.8. The maximum atomic E-state index is 12.9. The Morgan fingerprint density at radius 2 is 1.78 bits per heavy atom. The second-order valence-electron chi connectivity index (χ2n) is 7.34. The van der Waals surface area contributed by atoms with Crippen molar-refractivity contribution in [3.63, 3.8) is 0 Å². The van der Waals surface area contributed by atoms with E-state index in [4.69, 9.17) is 0 Å². The lowest BCUT2D eigenvalue weighted by Crippen LogP contribution is -2.41. The van der Waals surface area contributed by atoms with Gasteiger partial charge in [-0.15, -0.1) is 0 Å². The van der Waals surface area contributed by atoms with Crippen LogP contribution in [0.2, 0.25) is 0 Å². The van der Waals surface area contributed by atoms with E-state index < -0.39 is 27.9 Å². The van der Waals surface area contributed by atoms with E-state index >= 15 is 0 Å². The van der Waals surface area contributed by atoms with Gasteiger partial charge < -0.3 is 10.4 Å². The first-order valence-electron chi connectivity index (χ1n) is 9.35. The van der Waals surface area contributed by atoms with Crippen LogP contribution >= 0.6 is 0 Å². The summed E-state index contributed by atoms with van der Waals surface area (Å²) in [5.74, 6) is -1.59. The smallest absolute Gasteiger partial charge is 0.326 e. The fourth-order valence-electron chi connectivity index (χ4n) is 3.16. The van der Waals surface area contributed by atoms with Crippen LogP contribution in [0.15, 0.2) is 29.2 Å². The standard InChI is InChI=1S/C19H28N2O5S/c1-14(2)12-17(19(23)24)20-18(22)15-8-7-9-16(13-15)27(25,26)21-10-5-3-4-6-11-21/h7-9,13-14,17H,3-6,10-12H2,1-2H3,(H,20,22)(H,23,24). The Balaban J connectivity index is 2.20. The average molecular weight is 397 g/mol. The monoisotopic (exact) mass is 396 g/mol. The topological polar surface area (TPSA) is 104 Å². The van der Waals surface area contributed by atoms with Crippen molar-refractivity contribution in [2.24, 2.45) is 5.92 Å². The van der Waals surface area contributed by atoms with Crippen LogP contribution in [-0.4, -0.2) is 48.8 Å². The first-order valence-corrected chi connectivity index (χ1v) is 10.8. The molecule has 7 nitrogen and oxygen atoms in total. The molecule has 0 bridgehead atoms. The van der Waals surface area contributed by atoms with Crippen molar-refractivity contribution in [2.75, 3.05) is 13.1 Å². The first kappa shape index (κ1) is 21.4. The van der Waals surface area contributed by atoms with Gasteiger partial charge in [0.15, 0.2) is 0 Å². The van der Waals surface area contributed by atoms with Crippen LogP contribution in [0.3, 0.4) is 0 Å². The summed E-state index contributed by atoms with van der Waals surface area (Å²) in [6.45, 7) is 4.70. The zero-order chi connectivity index (χ0) is 20.0. The van der Waals surface area contributed by atoms with Crippen LogP contribution in [-0.2, 0) is 14.8 Å². The van der Waals surface area contributed by atoms with Gasteiger partial charge >= 0.3 is 5.97 Å². The molecule has 0 spiro atoms. The Morgan fingerprint density at radius 3 is 2.33 bits per heavy atom. The summed E-state index contributed by atoms with van der Waals surface area (Å²) in [4.78, 5) is 23.9. The van der Waals surface area contributed by atoms with Gasteiger partial charge in [-0.05, 0) is 43.4 Å². The molecule has 0 aliphatic carbocycles. The highest BCUT2D eigenvalue weighted by molar-refractivity contribution is 7.89. The number of aliphatic carboxylic acids is 1. The van der Waals surface area contributed by atoms with Gasteiger partial charge in [-0.2, -0.15) is 4.31 Å². The third-order valence-electron chi connectivity index (χ3n) is 4.61. The van der Waals surface area contributed by atoms with Gasteiger partial charge in [0.25, 0.3) is 5.91 Å². The number of carboxylic acid groups (broad SMARTS) is 1. The Bertz CT molecular complexity index is 768. The number of nitrogens with one attached hydrogen (secondary N) is 1. The largest absolute Gasteiger partial charge is 0.480 e. The quantitative estimate of drug-likeness (QED) is 0.737. The van der Waals surface area contributed by atoms with Crippen molar-refractivity contribution < 1.29 is 23.1 Å². The Kier molecular flexibility index (Phi) is 7.38. The van der Waals surface area contributed by atoms with Crippen molar-refractivity contribution in [1.82, 2.24) is 9.62 Å². The van der Waals surface area contributed by atoms with Crippen molar-refractivity contribution >= 4 is 21.9 Å². The highest BCUT2D eigenvalue weighted by Gasteiger charge is 2.27. The molecule has 1 fully saturated rings. The van der Waals surface area contributed by atoms with Crippen molar-refractivity contribution in [2.45, 2.75) is 56.9 Å². The summed E-state index contributed by atoms with van der Waals surface area (Å²) in [6.07, 6.45) is 3.98. The maximum Gasteiger partial charge on any atom is 0.326 e. The number of hydrogen-bond donors (Lipinski definition) is 2. The Morgan fingerprint density at radius 1 is 1.15 bits per heavy atom.